The van der Waals surface area contributed by atoms with Crippen molar-refractivity contribution in [2.24, 2.45) is 0 Å². The molecule has 0 saturated heterocycles. The minimum atomic E-state index is -0.568. The number of nitrogens with zero attached hydrogens (tertiary/aromatic N) is 3. The fourth-order valence-corrected chi connectivity index (χ4v) is 4.34. The van der Waals surface area contributed by atoms with Gasteiger partial charge in [0.25, 0.3) is 0 Å². The van der Waals surface area contributed by atoms with Gasteiger partial charge in [0.15, 0.2) is 5.82 Å². The fraction of sp³-hybridized carbons (Fsp3) is 0.500. The van der Waals surface area contributed by atoms with Crippen molar-refractivity contribution in [2.75, 3.05) is 5.32 Å². The van der Waals surface area contributed by atoms with Gasteiger partial charge in [0, 0.05) is 35.8 Å². The molecular weight excluding hydrogens is 401 g/mol. The van der Waals surface area contributed by atoms with Crippen LogP contribution in [0.3, 0.4) is 0 Å². The summed E-state index contributed by atoms with van der Waals surface area (Å²) < 4.78 is 14.2. The number of aromatic nitrogens is 3. The molecule has 1 aliphatic carbocycles. The highest BCUT2D eigenvalue weighted by Crippen LogP contribution is 2.37. The Morgan fingerprint density at radius 3 is 2.96 bits per heavy atom. The predicted octanol–water partition coefficient (Wildman–Crippen LogP) is 4.34. The SMILES string of the molecule is C[C@H]1Cc2[nH]nc(C3CCCC3)c2CN1C(=O)Nc1ccnc(Br)c1F. The summed E-state index contributed by atoms with van der Waals surface area (Å²) in [5, 5.41) is 10.4. The quantitative estimate of drug-likeness (QED) is 0.708. The van der Waals surface area contributed by atoms with Crippen LogP contribution in [0, 0.1) is 5.82 Å². The van der Waals surface area contributed by atoms with Crippen LogP contribution in [0.25, 0.3) is 0 Å². The summed E-state index contributed by atoms with van der Waals surface area (Å²) in [6, 6.07) is 1.16. The van der Waals surface area contributed by atoms with Crippen molar-refractivity contribution < 1.29 is 9.18 Å². The van der Waals surface area contributed by atoms with Crippen LogP contribution in [0.15, 0.2) is 16.9 Å². The number of fused-ring (bicyclic) bond motifs is 1. The molecule has 0 aromatic carbocycles. The Hall–Kier alpha value is -1.96. The highest BCUT2D eigenvalue weighted by molar-refractivity contribution is 9.10. The topological polar surface area (TPSA) is 73.9 Å². The number of hydrogen-bond donors (Lipinski definition) is 2. The number of halogens is 2. The van der Waals surface area contributed by atoms with E-state index in [1.54, 1.807) is 4.90 Å². The molecule has 2 aromatic heterocycles. The Kier molecular flexibility index (Phi) is 4.69. The molecule has 1 saturated carbocycles. The Morgan fingerprint density at radius 1 is 1.42 bits per heavy atom. The van der Waals surface area contributed by atoms with E-state index in [0.29, 0.717) is 12.5 Å². The van der Waals surface area contributed by atoms with Gasteiger partial charge in [-0.25, -0.2) is 14.2 Å². The van der Waals surface area contributed by atoms with E-state index < -0.39 is 5.82 Å². The molecule has 1 aliphatic heterocycles. The molecular formula is C18H21BrFN5O. The van der Waals surface area contributed by atoms with Gasteiger partial charge < -0.3 is 10.2 Å². The van der Waals surface area contributed by atoms with E-state index in [2.05, 4.69) is 36.4 Å². The highest BCUT2D eigenvalue weighted by atomic mass is 79.9. The van der Waals surface area contributed by atoms with E-state index in [9.17, 15) is 9.18 Å². The zero-order valence-electron chi connectivity index (χ0n) is 14.6. The number of amides is 2. The van der Waals surface area contributed by atoms with Crippen LogP contribution in [-0.4, -0.2) is 32.2 Å². The summed E-state index contributed by atoms with van der Waals surface area (Å²) in [5.41, 5.74) is 3.50. The fourth-order valence-electron chi connectivity index (χ4n) is 4.00. The Bertz CT molecular complexity index is 833. The third-order valence-electron chi connectivity index (χ3n) is 5.44. The standard InChI is InChI=1S/C18H21BrFN5O/c1-10-8-14-12(16(24-23-14)11-4-2-3-5-11)9-25(10)18(26)22-13-6-7-21-17(19)15(13)20/h6-7,10-11H,2-5,8-9H2,1H3,(H,23,24)(H,21,22,26)/t10-/m0/s1. The Labute approximate surface area is 159 Å². The van der Waals surface area contributed by atoms with Gasteiger partial charge in [0.1, 0.15) is 4.60 Å². The summed E-state index contributed by atoms with van der Waals surface area (Å²) in [7, 11) is 0. The van der Waals surface area contributed by atoms with Gasteiger partial charge in [-0.15, -0.1) is 0 Å². The first-order valence-electron chi connectivity index (χ1n) is 8.98. The maximum Gasteiger partial charge on any atom is 0.322 e. The molecule has 26 heavy (non-hydrogen) atoms. The molecule has 0 bridgehead atoms. The molecule has 0 spiro atoms. The van der Waals surface area contributed by atoms with Crippen LogP contribution in [-0.2, 0) is 13.0 Å². The molecule has 4 rings (SSSR count). The lowest BCUT2D eigenvalue weighted by molar-refractivity contribution is 0.181. The second-order valence-electron chi connectivity index (χ2n) is 7.12. The molecule has 6 nitrogen and oxygen atoms in total. The molecule has 1 atom stereocenters. The van der Waals surface area contributed by atoms with Crippen molar-refractivity contribution in [3.8, 4) is 0 Å². The van der Waals surface area contributed by atoms with E-state index in [4.69, 9.17) is 0 Å². The third-order valence-corrected chi connectivity index (χ3v) is 5.99. The van der Waals surface area contributed by atoms with Crippen LogP contribution in [0.1, 0.15) is 55.5 Å². The largest absolute Gasteiger partial charge is 0.322 e. The zero-order valence-corrected chi connectivity index (χ0v) is 16.1. The van der Waals surface area contributed by atoms with Gasteiger partial charge in [0.05, 0.1) is 17.9 Å². The second kappa shape index (κ2) is 6.98. The van der Waals surface area contributed by atoms with E-state index >= 15 is 0 Å². The summed E-state index contributed by atoms with van der Waals surface area (Å²) in [5.74, 6) is -0.0805. The molecule has 138 valence electrons. The maximum atomic E-state index is 14.1. The van der Waals surface area contributed by atoms with Crippen LogP contribution in [0.4, 0.5) is 14.9 Å². The smallest absolute Gasteiger partial charge is 0.317 e. The first-order valence-corrected chi connectivity index (χ1v) is 9.77. The van der Waals surface area contributed by atoms with Crippen molar-refractivity contribution >= 4 is 27.6 Å². The molecule has 2 aliphatic rings. The normalized spacial score (nSPS) is 20.3. The molecule has 1 fully saturated rings. The first kappa shape index (κ1) is 17.5. The van der Waals surface area contributed by atoms with Crippen molar-refractivity contribution in [1.82, 2.24) is 20.1 Å². The van der Waals surface area contributed by atoms with Crippen LogP contribution >= 0.6 is 15.9 Å². The maximum absolute atomic E-state index is 14.1. The summed E-state index contributed by atoms with van der Waals surface area (Å²) in [6.07, 6.45) is 6.98. The molecule has 2 amide bonds. The first-order chi connectivity index (χ1) is 12.5. The van der Waals surface area contributed by atoms with Gasteiger partial charge in [-0.05, 0) is 41.8 Å². The number of H-pyrrole nitrogens is 1. The number of urea groups is 1. The number of anilines is 1. The van der Waals surface area contributed by atoms with Crippen molar-refractivity contribution in [3.05, 3.63) is 39.6 Å². The highest BCUT2D eigenvalue weighted by Gasteiger charge is 2.33. The van der Waals surface area contributed by atoms with Gasteiger partial charge in [-0.3, -0.25) is 5.10 Å². The van der Waals surface area contributed by atoms with Gasteiger partial charge >= 0.3 is 6.03 Å². The van der Waals surface area contributed by atoms with E-state index in [0.717, 1.165) is 36.2 Å². The number of carbonyl (C=O) groups is 1. The van der Waals surface area contributed by atoms with Crippen LogP contribution in [0.5, 0.6) is 0 Å². The number of nitrogens with one attached hydrogen (secondary N) is 2. The van der Waals surface area contributed by atoms with Crippen LogP contribution < -0.4 is 5.32 Å². The minimum absolute atomic E-state index is 0.00715. The predicted molar refractivity (Wildman–Crippen MR) is 99.4 cm³/mol. The van der Waals surface area contributed by atoms with E-state index in [-0.39, 0.29) is 22.4 Å². The molecule has 0 radical (unpaired) electrons. The monoisotopic (exact) mass is 421 g/mol. The van der Waals surface area contributed by atoms with Gasteiger partial charge in [-0.2, -0.15) is 5.10 Å². The lowest BCUT2D eigenvalue weighted by atomic mass is 9.94. The number of pyridine rings is 1. The molecule has 3 heterocycles. The number of carbonyl (C=O) groups excluding carboxylic acids is 1. The minimum Gasteiger partial charge on any atom is -0.317 e. The number of aromatic amines is 1. The van der Waals surface area contributed by atoms with Crippen molar-refractivity contribution in [2.45, 2.75) is 57.5 Å². The second-order valence-corrected chi connectivity index (χ2v) is 7.87. The molecule has 0 unspecified atom stereocenters. The van der Waals surface area contributed by atoms with Gasteiger partial charge in [-0.1, -0.05) is 12.8 Å². The average Bonchev–Trinajstić information content (AvgIpc) is 3.27. The lowest BCUT2D eigenvalue weighted by Gasteiger charge is -2.33. The van der Waals surface area contributed by atoms with E-state index in [1.165, 1.54) is 25.1 Å². The number of rotatable bonds is 2. The van der Waals surface area contributed by atoms with Crippen molar-refractivity contribution in [1.29, 1.82) is 0 Å². The summed E-state index contributed by atoms with van der Waals surface area (Å²) in [4.78, 5) is 18.4. The summed E-state index contributed by atoms with van der Waals surface area (Å²) >= 11 is 3.04. The average molecular weight is 422 g/mol. The van der Waals surface area contributed by atoms with Crippen molar-refractivity contribution in [3.63, 3.8) is 0 Å². The van der Waals surface area contributed by atoms with Crippen LogP contribution in [0.2, 0.25) is 0 Å². The Balaban J connectivity index is 1.55. The lowest BCUT2D eigenvalue weighted by Crippen LogP contribution is -2.45. The number of hydrogen-bond acceptors (Lipinski definition) is 3. The zero-order chi connectivity index (χ0) is 18.3. The summed E-state index contributed by atoms with van der Waals surface area (Å²) in [6.45, 7) is 2.50. The molecule has 2 N–H and O–H groups in total. The molecule has 8 heteroatoms. The van der Waals surface area contributed by atoms with Gasteiger partial charge in [0.2, 0.25) is 0 Å². The van der Waals surface area contributed by atoms with E-state index in [1.807, 2.05) is 6.92 Å². The third kappa shape index (κ3) is 3.11. The Morgan fingerprint density at radius 2 is 2.19 bits per heavy atom. The molecule has 2 aromatic rings.